The van der Waals surface area contributed by atoms with Crippen LogP contribution >= 0.6 is 0 Å². The predicted molar refractivity (Wildman–Crippen MR) is 118 cm³/mol. The Bertz CT molecular complexity index is 1160. The molecule has 1 saturated heterocycles. The summed E-state index contributed by atoms with van der Waals surface area (Å²) in [6, 6.07) is 16.6. The first-order valence-corrected chi connectivity index (χ1v) is 12.0. The summed E-state index contributed by atoms with van der Waals surface area (Å²) in [5.41, 5.74) is 2.65. The molecular formula is C23H26N4O3S. The fourth-order valence-corrected chi connectivity index (χ4v) is 4.80. The summed E-state index contributed by atoms with van der Waals surface area (Å²) in [7, 11) is -3.30. The van der Waals surface area contributed by atoms with Gasteiger partial charge >= 0.3 is 0 Å². The SMILES string of the molecule is CC(C)S(=O)(=O)c1ccc(CC(=O)N2CCC(n3cc(-c4ccccc4)nn3)C2)cc1. The summed E-state index contributed by atoms with van der Waals surface area (Å²) >= 11 is 0. The third-order valence-corrected chi connectivity index (χ3v) is 7.87. The molecule has 1 aromatic heterocycles. The molecular weight excluding hydrogens is 412 g/mol. The standard InChI is InChI=1S/C23H26N4O3S/c1-17(2)31(29,30)21-10-8-18(9-11-21)14-23(28)26-13-12-20(15-26)27-16-22(24-25-27)19-6-4-3-5-7-19/h3-11,16-17,20H,12-15H2,1-2H3. The van der Waals surface area contributed by atoms with Crippen LogP contribution in [0.1, 0.15) is 31.9 Å². The average Bonchev–Trinajstić information content (AvgIpc) is 3.44. The summed E-state index contributed by atoms with van der Waals surface area (Å²) in [6.07, 6.45) is 3.01. The minimum absolute atomic E-state index is 0.0327. The fourth-order valence-electron chi connectivity index (χ4n) is 3.74. The number of hydrogen-bond donors (Lipinski definition) is 0. The molecule has 0 saturated carbocycles. The fraction of sp³-hybridized carbons (Fsp3) is 0.348. The van der Waals surface area contributed by atoms with Gasteiger partial charge in [-0.15, -0.1) is 5.10 Å². The molecule has 162 valence electrons. The maximum Gasteiger partial charge on any atom is 0.227 e. The summed E-state index contributed by atoms with van der Waals surface area (Å²) in [4.78, 5) is 14.9. The van der Waals surface area contributed by atoms with Crippen LogP contribution in [0.3, 0.4) is 0 Å². The molecule has 0 spiro atoms. The first-order valence-electron chi connectivity index (χ1n) is 10.4. The van der Waals surface area contributed by atoms with E-state index in [1.165, 1.54) is 0 Å². The first-order chi connectivity index (χ1) is 14.8. The second-order valence-electron chi connectivity index (χ2n) is 8.15. The van der Waals surface area contributed by atoms with Gasteiger partial charge in [-0.05, 0) is 38.0 Å². The number of benzene rings is 2. The maximum atomic E-state index is 12.8. The molecule has 0 radical (unpaired) electrons. The molecule has 1 unspecified atom stereocenters. The topological polar surface area (TPSA) is 85.2 Å². The number of carbonyl (C=O) groups is 1. The molecule has 1 aliphatic heterocycles. The van der Waals surface area contributed by atoms with Crippen molar-refractivity contribution < 1.29 is 13.2 Å². The van der Waals surface area contributed by atoms with Gasteiger partial charge in [-0.3, -0.25) is 4.79 Å². The van der Waals surface area contributed by atoms with E-state index in [1.54, 1.807) is 38.1 Å². The Balaban J connectivity index is 1.38. The molecule has 1 amide bonds. The highest BCUT2D eigenvalue weighted by molar-refractivity contribution is 7.92. The Labute approximate surface area is 182 Å². The van der Waals surface area contributed by atoms with Gasteiger partial charge < -0.3 is 4.90 Å². The molecule has 3 aromatic rings. The molecule has 2 heterocycles. The lowest BCUT2D eigenvalue weighted by Gasteiger charge is -2.17. The molecule has 0 aliphatic carbocycles. The lowest BCUT2D eigenvalue weighted by atomic mass is 10.1. The van der Waals surface area contributed by atoms with Crippen LogP contribution in [0, 0.1) is 0 Å². The number of sulfone groups is 1. The van der Waals surface area contributed by atoms with Gasteiger partial charge in [-0.2, -0.15) is 0 Å². The van der Waals surface area contributed by atoms with Gasteiger partial charge in [-0.1, -0.05) is 47.7 Å². The van der Waals surface area contributed by atoms with Crippen LogP contribution in [0.4, 0.5) is 0 Å². The van der Waals surface area contributed by atoms with Crippen LogP contribution in [0.15, 0.2) is 65.7 Å². The highest BCUT2D eigenvalue weighted by Crippen LogP contribution is 2.24. The molecule has 0 N–H and O–H groups in total. The summed E-state index contributed by atoms with van der Waals surface area (Å²) in [6.45, 7) is 4.59. The second kappa shape index (κ2) is 8.63. The van der Waals surface area contributed by atoms with Gasteiger partial charge in [0, 0.05) is 18.7 Å². The van der Waals surface area contributed by atoms with E-state index in [9.17, 15) is 13.2 Å². The van der Waals surface area contributed by atoms with Gasteiger partial charge in [0.2, 0.25) is 5.91 Å². The van der Waals surface area contributed by atoms with Gasteiger partial charge in [0.1, 0.15) is 5.69 Å². The van der Waals surface area contributed by atoms with Crippen molar-refractivity contribution in [3.63, 3.8) is 0 Å². The summed E-state index contributed by atoms with van der Waals surface area (Å²) in [5.74, 6) is 0.0327. The number of carbonyl (C=O) groups excluding carboxylic acids is 1. The molecule has 7 nitrogen and oxygen atoms in total. The van der Waals surface area contributed by atoms with E-state index >= 15 is 0 Å². The van der Waals surface area contributed by atoms with Gasteiger partial charge in [0.25, 0.3) is 0 Å². The highest BCUT2D eigenvalue weighted by atomic mass is 32.2. The maximum absolute atomic E-state index is 12.8. The van der Waals surface area contributed by atoms with Crippen molar-refractivity contribution in [2.45, 2.75) is 42.9 Å². The monoisotopic (exact) mass is 438 g/mol. The minimum atomic E-state index is -3.30. The third kappa shape index (κ3) is 4.54. The Morgan fingerprint density at radius 2 is 1.81 bits per heavy atom. The van der Waals surface area contributed by atoms with Crippen LogP contribution in [0.25, 0.3) is 11.3 Å². The number of nitrogens with zero attached hydrogens (tertiary/aromatic N) is 4. The van der Waals surface area contributed by atoms with Crippen molar-refractivity contribution in [3.8, 4) is 11.3 Å². The Morgan fingerprint density at radius 1 is 1.10 bits per heavy atom. The molecule has 2 aromatic carbocycles. The van der Waals surface area contributed by atoms with Crippen molar-refractivity contribution >= 4 is 15.7 Å². The Hall–Kier alpha value is -3.00. The molecule has 1 aliphatic rings. The average molecular weight is 439 g/mol. The van der Waals surface area contributed by atoms with Crippen molar-refractivity contribution in [1.29, 1.82) is 0 Å². The molecule has 0 bridgehead atoms. The molecule has 8 heteroatoms. The van der Waals surface area contributed by atoms with Gasteiger partial charge in [-0.25, -0.2) is 13.1 Å². The van der Waals surface area contributed by atoms with Gasteiger partial charge in [0.15, 0.2) is 9.84 Å². The quantitative estimate of drug-likeness (QED) is 0.590. The van der Waals surface area contributed by atoms with Crippen LogP contribution < -0.4 is 0 Å². The highest BCUT2D eigenvalue weighted by Gasteiger charge is 2.28. The van der Waals surface area contributed by atoms with Crippen molar-refractivity contribution in [2.24, 2.45) is 0 Å². The zero-order valence-electron chi connectivity index (χ0n) is 17.7. The van der Waals surface area contributed by atoms with E-state index in [0.717, 1.165) is 23.2 Å². The Kier molecular flexibility index (Phi) is 5.91. The molecule has 1 fully saturated rings. The van der Waals surface area contributed by atoms with Crippen molar-refractivity contribution in [2.75, 3.05) is 13.1 Å². The van der Waals surface area contributed by atoms with Gasteiger partial charge in [0.05, 0.1) is 28.8 Å². The van der Waals surface area contributed by atoms with E-state index in [-0.39, 0.29) is 18.4 Å². The summed E-state index contributed by atoms with van der Waals surface area (Å²) in [5, 5.41) is 8.07. The number of likely N-dealkylation sites (tertiary alicyclic amines) is 1. The predicted octanol–water partition coefficient (Wildman–Crippen LogP) is 3.14. The van der Waals surface area contributed by atoms with Crippen LogP contribution in [-0.4, -0.2) is 52.6 Å². The van der Waals surface area contributed by atoms with E-state index < -0.39 is 15.1 Å². The first kappa shape index (κ1) is 21.2. The minimum Gasteiger partial charge on any atom is -0.340 e. The second-order valence-corrected chi connectivity index (χ2v) is 10.7. The molecule has 4 rings (SSSR count). The summed E-state index contributed by atoms with van der Waals surface area (Å²) < 4.78 is 26.3. The normalized spacial score (nSPS) is 16.7. The number of aromatic nitrogens is 3. The van der Waals surface area contributed by atoms with Crippen LogP contribution in [0.5, 0.6) is 0 Å². The van der Waals surface area contributed by atoms with Crippen LogP contribution in [0.2, 0.25) is 0 Å². The largest absolute Gasteiger partial charge is 0.340 e. The number of amides is 1. The molecule has 1 atom stereocenters. The van der Waals surface area contributed by atoms with Crippen molar-refractivity contribution in [3.05, 3.63) is 66.4 Å². The Morgan fingerprint density at radius 3 is 2.48 bits per heavy atom. The lowest BCUT2D eigenvalue weighted by molar-refractivity contribution is -0.129. The zero-order chi connectivity index (χ0) is 22.0. The number of hydrogen-bond acceptors (Lipinski definition) is 5. The molecule has 31 heavy (non-hydrogen) atoms. The number of rotatable bonds is 6. The van der Waals surface area contributed by atoms with Crippen LogP contribution in [-0.2, 0) is 21.1 Å². The lowest BCUT2D eigenvalue weighted by Crippen LogP contribution is -2.30. The zero-order valence-corrected chi connectivity index (χ0v) is 18.5. The van der Waals surface area contributed by atoms with E-state index in [4.69, 9.17) is 0 Å². The van der Waals surface area contributed by atoms with Crippen molar-refractivity contribution in [1.82, 2.24) is 19.9 Å². The van der Waals surface area contributed by atoms with E-state index in [0.29, 0.717) is 18.0 Å². The van der Waals surface area contributed by atoms with E-state index in [2.05, 4.69) is 10.3 Å². The third-order valence-electron chi connectivity index (χ3n) is 5.70. The van der Waals surface area contributed by atoms with E-state index in [1.807, 2.05) is 46.1 Å². The smallest absolute Gasteiger partial charge is 0.227 e.